The van der Waals surface area contributed by atoms with Crippen molar-refractivity contribution < 1.29 is 0 Å². The van der Waals surface area contributed by atoms with Crippen molar-refractivity contribution in [2.75, 3.05) is 6.54 Å². The molecule has 100 valence electrons. The van der Waals surface area contributed by atoms with Crippen LogP contribution in [0.1, 0.15) is 57.4 Å². The third-order valence-corrected chi connectivity index (χ3v) is 5.45. The number of thiophene rings is 1. The summed E-state index contributed by atoms with van der Waals surface area (Å²) in [5.41, 5.74) is 2.12. The molecule has 0 amide bonds. The fraction of sp³-hybridized carbons (Fsp3) is 0.750. The van der Waals surface area contributed by atoms with E-state index in [1.165, 1.54) is 38.6 Å². The van der Waals surface area contributed by atoms with Gasteiger partial charge in [0, 0.05) is 6.04 Å². The first-order valence-corrected chi connectivity index (χ1v) is 8.34. The number of hydrogen-bond donors (Lipinski definition) is 1. The van der Waals surface area contributed by atoms with E-state index < -0.39 is 0 Å². The van der Waals surface area contributed by atoms with E-state index in [2.05, 4.69) is 36.0 Å². The predicted octanol–water partition coefficient (Wildman–Crippen LogP) is 4.41. The minimum absolute atomic E-state index is 0.530. The van der Waals surface area contributed by atoms with Gasteiger partial charge in [0.2, 0.25) is 0 Å². The summed E-state index contributed by atoms with van der Waals surface area (Å²) in [5, 5.41) is 8.36. The SMILES string of the molecule is CC1(C)CCC(CNC2CC2)C(c2ccsc2)C1. The Balaban J connectivity index is 1.69. The molecular formula is C16H25NS. The molecular weight excluding hydrogens is 238 g/mol. The molecule has 2 saturated carbocycles. The van der Waals surface area contributed by atoms with E-state index >= 15 is 0 Å². The Kier molecular flexibility index (Phi) is 3.50. The molecule has 1 N–H and O–H groups in total. The van der Waals surface area contributed by atoms with Gasteiger partial charge in [-0.15, -0.1) is 0 Å². The molecule has 1 heterocycles. The Hall–Kier alpha value is -0.340. The van der Waals surface area contributed by atoms with Gasteiger partial charge in [-0.1, -0.05) is 13.8 Å². The summed E-state index contributed by atoms with van der Waals surface area (Å²) in [6.45, 7) is 6.12. The average Bonchev–Trinajstić information content (AvgIpc) is 3.00. The molecule has 3 rings (SSSR count). The van der Waals surface area contributed by atoms with Crippen molar-refractivity contribution in [3.8, 4) is 0 Å². The second-order valence-electron chi connectivity index (χ2n) is 7.01. The maximum Gasteiger partial charge on any atom is 0.00683 e. The minimum atomic E-state index is 0.530. The van der Waals surface area contributed by atoms with Gasteiger partial charge in [0.05, 0.1) is 0 Å². The highest BCUT2D eigenvalue weighted by Gasteiger charge is 2.36. The zero-order valence-electron chi connectivity index (χ0n) is 11.6. The summed E-state index contributed by atoms with van der Waals surface area (Å²) in [5.74, 6) is 1.64. The standard InChI is InChI=1S/C16H25NS/c1-16(2)7-5-12(10-17-14-3-4-14)15(9-16)13-6-8-18-11-13/h6,8,11-12,14-15,17H,3-5,7,9-10H2,1-2H3. The third kappa shape index (κ3) is 2.97. The van der Waals surface area contributed by atoms with Crippen LogP contribution in [0.5, 0.6) is 0 Å². The smallest absolute Gasteiger partial charge is 0.00683 e. The summed E-state index contributed by atoms with van der Waals surface area (Å²) < 4.78 is 0. The van der Waals surface area contributed by atoms with Crippen molar-refractivity contribution in [1.29, 1.82) is 0 Å². The van der Waals surface area contributed by atoms with E-state index in [1.54, 1.807) is 5.56 Å². The molecule has 2 unspecified atom stereocenters. The van der Waals surface area contributed by atoms with Gasteiger partial charge < -0.3 is 5.32 Å². The Morgan fingerprint density at radius 2 is 2.17 bits per heavy atom. The molecule has 0 saturated heterocycles. The average molecular weight is 263 g/mol. The lowest BCUT2D eigenvalue weighted by Crippen LogP contribution is -2.35. The molecule has 2 heteroatoms. The summed E-state index contributed by atoms with van der Waals surface area (Å²) in [6, 6.07) is 3.20. The molecule has 2 aliphatic rings. The van der Waals surface area contributed by atoms with Crippen molar-refractivity contribution >= 4 is 11.3 Å². The van der Waals surface area contributed by atoms with Gasteiger partial charge in [0.25, 0.3) is 0 Å². The van der Waals surface area contributed by atoms with Crippen LogP contribution in [0, 0.1) is 11.3 Å². The molecule has 2 aliphatic carbocycles. The van der Waals surface area contributed by atoms with E-state index in [-0.39, 0.29) is 0 Å². The van der Waals surface area contributed by atoms with Crippen LogP contribution in [0.3, 0.4) is 0 Å². The van der Waals surface area contributed by atoms with Gasteiger partial charge >= 0.3 is 0 Å². The fourth-order valence-electron chi connectivity index (χ4n) is 3.37. The van der Waals surface area contributed by atoms with Gasteiger partial charge in [0.15, 0.2) is 0 Å². The molecule has 0 aromatic carbocycles. The van der Waals surface area contributed by atoms with Crippen LogP contribution >= 0.6 is 11.3 Å². The Bertz CT molecular complexity index is 376. The lowest BCUT2D eigenvalue weighted by molar-refractivity contribution is 0.159. The number of hydrogen-bond acceptors (Lipinski definition) is 2. The topological polar surface area (TPSA) is 12.0 Å². The van der Waals surface area contributed by atoms with Crippen LogP contribution in [-0.4, -0.2) is 12.6 Å². The normalized spacial score (nSPS) is 31.4. The highest BCUT2D eigenvalue weighted by molar-refractivity contribution is 7.07. The minimum Gasteiger partial charge on any atom is -0.314 e. The summed E-state index contributed by atoms with van der Waals surface area (Å²) in [7, 11) is 0. The second kappa shape index (κ2) is 4.97. The zero-order valence-corrected chi connectivity index (χ0v) is 12.4. The molecule has 1 aromatic heterocycles. The van der Waals surface area contributed by atoms with E-state index in [1.807, 2.05) is 11.3 Å². The summed E-state index contributed by atoms with van der Waals surface area (Å²) >= 11 is 1.85. The van der Waals surface area contributed by atoms with Gasteiger partial charge in [0.1, 0.15) is 0 Å². The van der Waals surface area contributed by atoms with E-state index in [0.29, 0.717) is 5.41 Å². The van der Waals surface area contributed by atoms with Crippen LogP contribution in [-0.2, 0) is 0 Å². The Morgan fingerprint density at radius 1 is 1.33 bits per heavy atom. The number of rotatable bonds is 4. The monoisotopic (exact) mass is 263 g/mol. The van der Waals surface area contributed by atoms with Crippen LogP contribution in [0.25, 0.3) is 0 Å². The molecule has 18 heavy (non-hydrogen) atoms. The lowest BCUT2D eigenvalue weighted by atomic mass is 9.65. The quantitative estimate of drug-likeness (QED) is 0.848. The molecule has 1 aromatic rings. The maximum absolute atomic E-state index is 3.75. The lowest BCUT2D eigenvalue weighted by Gasteiger charge is -2.41. The van der Waals surface area contributed by atoms with Crippen molar-refractivity contribution in [3.63, 3.8) is 0 Å². The molecule has 2 fully saturated rings. The van der Waals surface area contributed by atoms with Gasteiger partial charge in [-0.25, -0.2) is 0 Å². The maximum atomic E-state index is 3.75. The number of nitrogens with one attached hydrogen (secondary N) is 1. The largest absolute Gasteiger partial charge is 0.314 e. The Labute approximate surface area is 115 Å². The van der Waals surface area contributed by atoms with E-state index in [0.717, 1.165) is 17.9 Å². The molecule has 0 radical (unpaired) electrons. The zero-order chi connectivity index (χ0) is 12.6. The first-order chi connectivity index (χ1) is 8.64. The van der Waals surface area contributed by atoms with Crippen molar-refractivity contribution in [1.82, 2.24) is 5.32 Å². The van der Waals surface area contributed by atoms with E-state index in [9.17, 15) is 0 Å². The highest BCUT2D eigenvalue weighted by atomic mass is 32.1. The summed E-state index contributed by atoms with van der Waals surface area (Å²) in [4.78, 5) is 0. The van der Waals surface area contributed by atoms with Gasteiger partial charge in [-0.3, -0.25) is 0 Å². The van der Waals surface area contributed by atoms with Crippen LogP contribution in [0.15, 0.2) is 16.8 Å². The molecule has 0 spiro atoms. The first-order valence-electron chi connectivity index (χ1n) is 7.39. The third-order valence-electron chi connectivity index (χ3n) is 4.75. The van der Waals surface area contributed by atoms with Crippen LogP contribution in [0.4, 0.5) is 0 Å². The fourth-order valence-corrected chi connectivity index (χ4v) is 4.09. The second-order valence-corrected chi connectivity index (χ2v) is 7.79. The highest BCUT2D eigenvalue weighted by Crippen LogP contribution is 2.47. The van der Waals surface area contributed by atoms with Gasteiger partial charge in [-0.05, 0) is 78.3 Å². The van der Waals surface area contributed by atoms with Crippen molar-refractivity contribution in [2.24, 2.45) is 11.3 Å². The van der Waals surface area contributed by atoms with Gasteiger partial charge in [-0.2, -0.15) is 11.3 Å². The molecule has 0 aliphatic heterocycles. The van der Waals surface area contributed by atoms with E-state index in [4.69, 9.17) is 0 Å². The van der Waals surface area contributed by atoms with Crippen molar-refractivity contribution in [3.05, 3.63) is 22.4 Å². The molecule has 1 nitrogen and oxygen atoms in total. The van der Waals surface area contributed by atoms with Crippen LogP contribution < -0.4 is 5.32 Å². The predicted molar refractivity (Wildman–Crippen MR) is 79.2 cm³/mol. The van der Waals surface area contributed by atoms with Crippen LogP contribution in [0.2, 0.25) is 0 Å². The Morgan fingerprint density at radius 3 is 2.83 bits per heavy atom. The molecule has 2 atom stereocenters. The first kappa shape index (κ1) is 12.7. The van der Waals surface area contributed by atoms with Crippen molar-refractivity contribution in [2.45, 2.75) is 57.9 Å². The molecule has 0 bridgehead atoms. The summed E-state index contributed by atoms with van der Waals surface area (Å²) in [6.07, 6.45) is 6.96.